The molecule has 4 aromatic rings. The third kappa shape index (κ3) is 4.26. The standard InChI is InChI=1S/C27H26N6O/c1-4-5-12-21(28)24-25(29)31-16-32-26(24)30-15-20-14-19-11-8-10-18(3)23(19)27(34)33(20)22-13-7-6-9-17(22)2/h6-11,13-14,16,28H,4,15H2,1-3H3,(H3,29,30,31,32). The van der Waals surface area contributed by atoms with Crippen molar-refractivity contribution in [3.8, 4) is 17.5 Å². The number of rotatable bonds is 5. The van der Waals surface area contributed by atoms with Gasteiger partial charge in [-0.1, -0.05) is 49.2 Å². The Balaban J connectivity index is 1.85. The van der Waals surface area contributed by atoms with Crippen LogP contribution in [-0.4, -0.2) is 20.2 Å². The van der Waals surface area contributed by atoms with Crippen molar-refractivity contribution in [3.05, 3.63) is 87.6 Å². The number of nitrogens with zero attached hydrogens (tertiary/aromatic N) is 3. The molecule has 2 aromatic heterocycles. The zero-order valence-corrected chi connectivity index (χ0v) is 19.4. The molecule has 7 nitrogen and oxygen atoms in total. The number of anilines is 2. The minimum Gasteiger partial charge on any atom is -0.383 e. The van der Waals surface area contributed by atoms with E-state index in [2.05, 4.69) is 27.1 Å². The van der Waals surface area contributed by atoms with E-state index < -0.39 is 0 Å². The van der Waals surface area contributed by atoms with Crippen LogP contribution in [-0.2, 0) is 6.54 Å². The third-order valence-electron chi connectivity index (χ3n) is 5.64. The van der Waals surface area contributed by atoms with Gasteiger partial charge < -0.3 is 11.1 Å². The maximum atomic E-state index is 13.7. The van der Waals surface area contributed by atoms with Crippen LogP contribution in [0.3, 0.4) is 0 Å². The van der Waals surface area contributed by atoms with Gasteiger partial charge in [0, 0.05) is 12.1 Å². The summed E-state index contributed by atoms with van der Waals surface area (Å²) in [5.41, 5.74) is 9.88. The highest BCUT2D eigenvalue weighted by Crippen LogP contribution is 2.23. The molecule has 0 amide bonds. The topological polar surface area (TPSA) is 110 Å². The third-order valence-corrected chi connectivity index (χ3v) is 5.64. The van der Waals surface area contributed by atoms with Crippen LogP contribution in [0.15, 0.2) is 59.7 Å². The molecule has 0 unspecified atom stereocenters. The van der Waals surface area contributed by atoms with E-state index in [1.807, 2.05) is 69.3 Å². The van der Waals surface area contributed by atoms with E-state index in [4.69, 9.17) is 11.1 Å². The lowest BCUT2D eigenvalue weighted by Gasteiger charge is -2.18. The Bertz CT molecular complexity index is 1520. The summed E-state index contributed by atoms with van der Waals surface area (Å²) in [6, 6.07) is 15.6. The second kappa shape index (κ2) is 9.59. The summed E-state index contributed by atoms with van der Waals surface area (Å²) in [7, 11) is 0. The minimum atomic E-state index is -0.0781. The van der Waals surface area contributed by atoms with Crippen LogP contribution in [0.4, 0.5) is 11.6 Å². The van der Waals surface area contributed by atoms with E-state index in [0.29, 0.717) is 23.2 Å². The van der Waals surface area contributed by atoms with Crippen molar-refractivity contribution in [2.24, 2.45) is 0 Å². The van der Waals surface area contributed by atoms with Crippen molar-refractivity contribution in [1.82, 2.24) is 14.5 Å². The van der Waals surface area contributed by atoms with Gasteiger partial charge in [-0.3, -0.25) is 14.8 Å². The maximum absolute atomic E-state index is 13.7. The fraction of sp³-hybridized carbons (Fsp3) is 0.185. The molecule has 0 aliphatic rings. The van der Waals surface area contributed by atoms with E-state index in [0.717, 1.165) is 27.9 Å². The molecule has 2 aromatic carbocycles. The first-order valence-electron chi connectivity index (χ1n) is 11.0. The van der Waals surface area contributed by atoms with E-state index in [9.17, 15) is 4.79 Å². The lowest BCUT2D eigenvalue weighted by molar-refractivity contribution is 0.883. The molecule has 0 spiro atoms. The molecule has 0 atom stereocenters. The van der Waals surface area contributed by atoms with Gasteiger partial charge in [0.25, 0.3) is 5.56 Å². The zero-order chi connectivity index (χ0) is 24.2. The van der Waals surface area contributed by atoms with Crippen molar-refractivity contribution in [3.63, 3.8) is 0 Å². The number of hydrogen-bond donors (Lipinski definition) is 3. The average Bonchev–Trinajstić information content (AvgIpc) is 2.82. The first kappa shape index (κ1) is 22.7. The Morgan fingerprint density at radius 3 is 2.65 bits per heavy atom. The molecule has 0 aliphatic carbocycles. The number of hydrogen-bond acceptors (Lipinski definition) is 6. The van der Waals surface area contributed by atoms with Gasteiger partial charge in [-0.2, -0.15) is 0 Å². The van der Waals surface area contributed by atoms with Gasteiger partial charge >= 0.3 is 0 Å². The lowest BCUT2D eigenvalue weighted by atomic mass is 10.1. The summed E-state index contributed by atoms with van der Waals surface area (Å²) in [5.74, 6) is 6.25. The summed E-state index contributed by atoms with van der Waals surface area (Å²) in [6.45, 7) is 6.13. The molecular formula is C27H26N6O. The van der Waals surface area contributed by atoms with Crippen LogP contribution in [0, 0.1) is 31.1 Å². The maximum Gasteiger partial charge on any atom is 0.263 e. The normalized spacial score (nSPS) is 10.6. The van der Waals surface area contributed by atoms with Crippen molar-refractivity contribution >= 4 is 28.1 Å². The highest BCUT2D eigenvalue weighted by Gasteiger charge is 2.17. The number of benzene rings is 2. The Labute approximate surface area is 198 Å². The second-order valence-electron chi connectivity index (χ2n) is 7.97. The first-order chi connectivity index (χ1) is 16.4. The molecule has 7 heteroatoms. The SMILES string of the molecule is CCC#CC(=N)c1c(N)ncnc1NCc1cc2cccc(C)c2c(=O)n1-c1ccccc1C. The summed E-state index contributed by atoms with van der Waals surface area (Å²) < 4.78 is 1.74. The molecule has 0 radical (unpaired) electrons. The molecule has 2 heterocycles. The summed E-state index contributed by atoms with van der Waals surface area (Å²) >= 11 is 0. The van der Waals surface area contributed by atoms with Gasteiger partial charge in [-0.25, -0.2) is 9.97 Å². The lowest BCUT2D eigenvalue weighted by Crippen LogP contribution is -2.25. The summed E-state index contributed by atoms with van der Waals surface area (Å²) in [4.78, 5) is 22.1. The van der Waals surface area contributed by atoms with Gasteiger partial charge in [-0.15, -0.1) is 0 Å². The number of aryl methyl sites for hydroxylation is 2. The molecule has 4 N–H and O–H groups in total. The van der Waals surface area contributed by atoms with Crippen molar-refractivity contribution < 1.29 is 0 Å². The van der Waals surface area contributed by atoms with Gasteiger partial charge in [0.2, 0.25) is 0 Å². The smallest absolute Gasteiger partial charge is 0.263 e. The fourth-order valence-corrected chi connectivity index (χ4v) is 3.99. The van der Waals surface area contributed by atoms with Crippen LogP contribution >= 0.6 is 0 Å². The number of pyridine rings is 1. The summed E-state index contributed by atoms with van der Waals surface area (Å²) in [5, 5.41) is 13.2. The van der Waals surface area contributed by atoms with E-state index in [-0.39, 0.29) is 23.6 Å². The highest BCUT2D eigenvalue weighted by atomic mass is 16.1. The number of nitrogen functional groups attached to an aromatic ring is 1. The molecule has 170 valence electrons. The largest absolute Gasteiger partial charge is 0.383 e. The van der Waals surface area contributed by atoms with Crippen LogP contribution in [0.2, 0.25) is 0 Å². The minimum absolute atomic E-state index is 0.0490. The van der Waals surface area contributed by atoms with Crippen LogP contribution in [0.5, 0.6) is 0 Å². The Hall–Kier alpha value is -4.44. The monoisotopic (exact) mass is 450 g/mol. The van der Waals surface area contributed by atoms with E-state index in [1.165, 1.54) is 6.33 Å². The molecule has 0 saturated carbocycles. The van der Waals surface area contributed by atoms with Gasteiger partial charge in [0.1, 0.15) is 23.7 Å². The Morgan fingerprint density at radius 2 is 1.88 bits per heavy atom. The average molecular weight is 451 g/mol. The second-order valence-corrected chi connectivity index (χ2v) is 7.97. The van der Waals surface area contributed by atoms with Crippen LogP contribution in [0.25, 0.3) is 16.5 Å². The first-order valence-corrected chi connectivity index (χ1v) is 11.0. The van der Waals surface area contributed by atoms with Gasteiger partial charge in [-0.05, 0) is 48.4 Å². The number of aromatic nitrogens is 3. The van der Waals surface area contributed by atoms with Crippen molar-refractivity contribution in [2.75, 3.05) is 11.1 Å². The number of nitrogens with one attached hydrogen (secondary N) is 2. The fourth-order valence-electron chi connectivity index (χ4n) is 3.99. The number of nitrogens with two attached hydrogens (primary N) is 1. The molecule has 4 rings (SSSR count). The molecule has 0 saturated heterocycles. The quantitative estimate of drug-likeness (QED) is 0.309. The van der Waals surface area contributed by atoms with E-state index in [1.54, 1.807) is 4.57 Å². The Morgan fingerprint density at radius 1 is 1.12 bits per heavy atom. The number of para-hydroxylation sites is 1. The predicted molar refractivity (Wildman–Crippen MR) is 138 cm³/mol. The highest BCUT2D eigenvalue weighted by molar-refractivity contribution is 6.16. The number of fused-ring (bicyclic) bond motifs is 1. The molecule has 0 fully saturated rings. The zero-order valence-electron chi connectivity index (χ0n) is 19.4. The van der Waals surface area contributed by atoms with Crippen molar-refractivity contribution in [1.29, 1.82) is 5.41 Å². The summed E-state index contributed by atoms with van der Waals surface area (Å²) in [6.07, 6.45) is 1.97. The van der Waals surface area contributed by atoms with Gasteiger partial charge in [0.15, 0.2) is 0 Å². The molecule has 34 heavy (non-hydrogen) atoms. The van der Waals surface area contributed by atoms with Crippen molar-refractivity contribution in [2.45, 2.75) is 33.7 Å². The molecule has 0 bridgehead atoms. The molecular weight excluding hydrogens is 424 g/mol. The molecule has 0 aliphatic heterocycles. The van der Waals surface area contributed by atoms with Crippen LogP contribution in [0.1, 0.15) is 35.7 Å². The Kier molecular flexibility index (Phi) is 6.42. The van der Waals surface area contributed by atoms with Crippen LogP contribution < -0.4 is 16.6 Å². The van der Waals surface area contributed by atoms with Gasteiger partial charge in [0.05, 0.1) is 23.2 Å². The van der Waals surface area contributed by atoms with E-state index >= 15 is 0 Å². The predicted octanol–water partition coefficient (Wildman–Crippen LogP) is 4.37.